The number of ketones is 1. The number of rotatable bonds is 4. The van der Waals surface area contributed by atoms with Gasteiger partial charge in [-0.2, -0.15) is 13.2 Å². The summed E-state index contributed by atoms with van der Waals surface area (Å²) in [7, 11) is 0. The van der Waals surface area contributed by atoms with Crippen molar-refractivity contribution in [1.82, 2.24) is 0 Å². The van der Waals surface area contributed by atoms with E-state index in [1.165, 1.54) is 6.92 Å². The maximum Gasteiger partial charge on any atom is 0.416 e. The topological polar surface area (TPSA) is 26.3 Å². The molecule has 0 amide bonds. The highest BCUT2D eigenvalue weighted by molar-refractivity contribution is 5.97. The third-order valence-electron chi connectivity index (χ3n) is 2.35. The number of carbonyl (C=O) groups excluding carboxylic acids is 1. The summed E-state index contributed by atoms with van der Waals surface area (Å²) in [5, 5.41) is 0. The molecule has 0 saturated carbocycles. The molecule has 0 unspecified atom stereocenters. The summed E-state index contributed by atoms with van der Waals surface area (Å²) in [6.07, 6.45) is -7.97. The first-order valence-corrected chi connectivity index (χ1v) is 5.35. The molecule has 106 valence electrons. The molecule has 0 N–H and O–H groups in total. The standard InChI is InChI=1S/C12H11F5O2/c1-3-19-10-8(6(2)18)4-7(12(15,16)17)5-9(10)11(13)14/h4-5,11H,3H2,1-2H3. The Morgan fingerprint density at radius 3 is 2.26 bits per heavy atom. The lowest BCUT2D eigenvalue weighted by atomic mass is 10.0. The van der Waals surface area contributed by atoms with Gasteiger partial charge in [0.2, 0.25) is 0 Å². The maximum atomic E-state index is 12.8. The van der Waals surface area contributed by atoms with Gasteiger partial charge in [0.1, 0.15) is 5.75 Å². The van der Waals surface area contributed by atoms with Crippen LogP contribution in [0.2, 0.25) is 0 Å². The van der Waals surface area contributed by atoms with Gasteiger partial charge in [-0.25, -0.2) is 8.78 Å². The summed E-state index contributed by atoms with van der Waals surface area (Å²) in [4.78, 5) is 11.3. The predicted octanol–water partition coefficient (Wildman–Crippen LogP) is 4.24. The van der Waals surface area contributed by atoms with Crippen molar-refractivity contribution in [2.45, 2.75) is 26.4 Å². The number of carbonyl (C=O) groups is 1. The van der Waals surface area contributed by atoms with Crippen molar-refractivity contribution in [2.75, 3.05) is 6.61 Å². The lowest BCUT2D eigenvalue weighted by Gasteiger charge is -2.16. The molecule has 0 fully saturated rings. The zero-order chi connectivity index (χ0) is 14.8. The van der Waals surface area contributed by atoms with E-state index in [4.69, 9.17) is 4.74 Å². The molecule has 7 heteroatoms. The van der Waals surface area contributed by atoms with Crippen molar-refractivity contribution in [1.29, 1.82) is 0 Å². The monoisotopic (exact) mass is 282 g/mol. The van der Waals surface area contributed by atoms with Gasteiger partial charge in [-0.15, -0.1) is 0 Å². The van der Waals surface area contributed by atoms with Crippen LogP contribution in [0.15, 0.2) is 12.1 Å². The Balaban J connectivity index is 3.57. The molecular weight excluding hydrogens is 271 g/mol. The Labute approximate surface area is 106 Å². The third kappa shape index (κ3) is 3.42. The van der Waals surface area contributed by atoms with Gasteiger partial charge in [0.15, 0.2) is 5.78 Å². The summed E-state index contributed by atoms with van der Waals surface area (Å²) in [5.41, 5.74) is -2.72. The molecule has 1 aromatic rings. The van der Waals surface area contributed by atoms with Gasteiger partial charge < -0.3 is 4.74 Å². The molecule has 0 saturated heterocycles. The van der Waals surface area contributed by atoms with Crippen LogP contribution < -0.4 is 4.74 Å². The van der Waals surface area contributed by atoms with Crippen LogP contribution in [0.5, 0.6) is 5.75 Å². The fraction of sp³-hybridized carbons (Fsp3) is 0.417. The van der Waals surface area contributed by atoms with Crippen molar-refractivity contribution in [3.05, 3.63) is 28.8 Å². The van der Waals surface area contributed by atoms with Crippen molar-refractivity contribution < 1.29 is 31.5 Å². The lowest BCUT2D eigenvalue weighted by molar-refractivity contribution is -0.137. The van der Waals surface area contributed by atoms with Gasteiger partial charge in [-0.05, 0) is 26.0 Å². The van der Waals surface area contributed by atoms with Crippen LogP contribution in [0.25, 0.3) is 0 Å². The number of benzene rings is 1. The van der Waals surface area contributed by atoms with Crippen LogP contribution in [0, 0.1) is 0 Å². The molecule has 0 radical (unpaired) electrons. The normalized spacial score (nSPS) is 11.8. The van der Waals surface area contributed by atoms with Crippen LogP contribution in [0.3, 0.4) is 0 Å². The average Bonchev–Trinajstić information content (AvgIpc) is 2.27. The van der Waals surface area contributed by atoms with Gasteiger partial charge in [0.25, 0.3) is 6.43 Å². The molecule has 1 aromatic carbocycles. The predicted molar refractivity (Wildman–Crippen MR) is 57.6 cm³/mol. The SMILES string of the molecule is CCOc1c(C(C)=O)cc(C(F)(F)F)cc1C(F)F. The minimum absolute atomic E-state index is 0.0363. The number of alkyl halides is 5. The Kier molecular flexibility index (Phi) is 4.49. The molecule has 0 aliphatic rings. The highest BCUT2D eigenvalue weighted by atomic mass is 19.4. The molecular formula is C12H11F5O2. The van der Waals surface area contributed by atoms with E-state index in [2.05, 4.69) is 0 Å². The number of halogens is 5. The van der Waals surface area contributed by atoms with E-state index in [9.17, 15) is 26.7 Å². The molecule has 0 spiro atoms. The van der Waals surface area contributed by atoms with Gasteiger partial charge in [0.05, 0.1) is 23.3 Å². The first-order valence-electron chi connectivity index (χ1n) is 5.35. The highest BCUT2D eigenvalue weighted by Gasteiger charge is 2.34. The summed E-state index contributed by atoms with van der Waals surface area (Å²) in [6, 6.07) is 0.835. The molecule has 0 aliphatic heterocycles. The number of hydrogen-bond donors (Lipinski definition) is 0. The summed E-state index contributed by atoms with van der Waals surface area (Å²) < 4.78 is 68.3. The molecule has 19 heavy (non-hydrogen) atoms. The van der Waals surface area contributed by atoms with Gasteiger partial charge in [-0.1, -0.05) is 0 Å². The van der Waals surface area contributed by atoms with E-state index >= 15 is 0 Å². The zero-order valence-corrected chi connectivity index (χ0v) is 10.1. The minimum atomic E-state index is -4.81. The van der Waals surface area contributed by atoms with Crippen LogP contribution in [-0.4, -0.2) is 12.4 Å². The van der Waals surface area contributed by atoms with Crippen LogP contribution in [0.4, 0.5) is 22.0 Å². The highest BCUT2D eigenvalue weighted by Crippen LogP contribution is 2.39. The Morgan fingerprint density at radius 2 is 1.89 bits per heavy atom. The van der Waals surface area contributed by atoms with Gasteiger partial charge in [-0.3, -0.25) is 4.79 Å². The lowest BCUT2D eigenvalue weighted by Crippen LogP contribution is -2.11. The molecule has 1 rings (SSSR count). The fourth-order valence-electron chi connectivity index (χ4n) is 1.54. The third-order valence-corrected chi connectivity index (χ3v) is 2.35. The second kappa shape index (κ2) is 5.54. The first kappa shape index (κ1) is 15.4. The second-order valence-corrected chi connectivity index (χ2v) is 3.73. The van der Waals surface area contributed by atoms with Gasteiger partial charge in [0, 0.05) is 0 Å². The molecule has 0 atom stereocenters. The minimum Gasteiger partial charge on any atom is -0.493 e. The first-order chi connectivity index (χ1) is 8.68. The van der Waals surface area contributed by atoms with Crippen molar-refractivity contribution in [2.24, 2.45) is 0 Å². The Hall–Kier alpha value is -1.66. The van der Waals surface area contributed by atoms with Crippen LogP contribution >= 0.6 is 0 Å². The molecule has 2 nitrogen and oxygen atoms in total. The number of Topliss-reactive ketones (excluding diaryl/α,β-unsaturated/α-hetero) is 1. The summed E-state index contributed by atoms with van der Waals surface area (Å²) >= 11 is 0. The molecule has 0 aliphatic carbocycles. The molecule has 0 bridgehead atoms. The number of hydrogen-bond acceptors (Lipinski definition) is 2. The smallest absolute Gasteiger partial charge is 0.416 e. The number of ether oxygens (including phenoxy) is 1. The second-order valence-electron chi connectivity index (χ2n) is 3.73. The summed E-state index contributed by atoms with van der Waals surface area (Å²) in [6.45, 7) is 2.44. The quantitative estimate of drug-likeness (QED) is 0.609. The van der Waals surface area contributed by atoms with E-state index in [0.717, 1.165) is 6.92 Å². The zero-order valence-electron chi connectivity index (χ0n) is 10.1. The fourth-order valence-corrected chi connectivity index (χ4v) is 1.54. The molecule has 0 heterocycles. The van der Waals surface area contributed by atoms with Gasteiger partial charge >= 0.3 is 6.18 Å². The van der Waals surface area contributed by atoms with E-state index in [-0.39, 0.29) is 6.61 Å². The largest absolute Gasteiger partial charge is 0.493 e. The molecule has 0 aromatic heterocycles. The Morgan fingerprint density at radius 1 is 1.32 bits per heavy atom. The van der Waals surface area contributed by atoms with Crippen molar-refractivity contribution in [3.8, 4) is 5.75 Å². The Bertz CT molecular complexity index is 480. The summed E-state index contributed by atoms with van der Waals surface area (Å²) in [5.74, 6) is -1.26. The van der Waals surface area contributed by atoms with Crippen molar-refractivity contribution in [3.63, 3.8) is 0 Å². The van der Waals surface area contributed by atoms with Crippen LogP contribution in [-0.2, 0) is 6.18 Å². The van der Waals surface area contributed by atoms with E-state index in [1.54, 1.807) is 0 Å². The van der Waals surface area contributed by atoms with E-state index in [0.29, 0.717) is 12.1 Å². The van der Waals surface area contributed by atoms with Crippen LogP contribution in [0.1, 0.15) is 41.8 Å². The van der Waals surface area contributed by atoms with E-state index < -0.39 is 40.8 Å². The maximum absolute atomic E-state index is 12.8. The van der Waals surface area contributed by atoms with Crippen molar-refractivity contribution >= 4 is 5.78 Å². The van der Waals surface area contributed by atoms with E-state index in [1.807, 2.05) is 0 Å². The average molecular weight is 282 g/mol.